The van der Waals surface area contributed by atoms with E-state index in [0.29, 0.717) is 6.42 Å². The van der Waals surface area contributed by atoms with Crippen LogP contribution in [0.3, 0.4) is 0 Å². The first-order chi connectivity index (χ1) is 11.5. The Morgan fingerprint density at radius 1 is 1.21 bits per heavy atom. The number of carbonyl (C=O) groups excluding carboxylic acids is 2. The van der Waals surface area contributed by atoms with E-state index in [4.69, 9.17) is 10.00 Å². The maximum atomic E-state index is 12.0. The normalized spacial score (nSPS) is 11.5. The van der Waals surface area contributed by atoms with Crippen LogP contribution in [-0.2, 0) is 22.6 Å². The fraction of sp³-hybridized carbons (Fsp3) is 0.500. The minimum absolute atomic E-state index is 0.0894. The highest BCUT2D eigenvalue weighted by Gasteiger charge is 2.22. The van der Waals surface area contributed by atoms with Gasteiger partial charge in [-0.1, -0.05) is 45.0 Å². The van der Waals surface area contributed by atoms with E-state index in [1.54, 1.807) is 0 Å². The Labute approximate surface area is 143 Å². The van der Waals surface area contributed by atoms with Crippen molar-refractivity contribution in [2.24, 2.45) is 5.92 Å². The summed E-state index contributed by atoms with van der Waals surface area (Å²) in [6.07, 6.45) is 0.778. The van der Waals surface area contributed by atoms with Gasteiger partial charge in [0.05, 0.1) is 6.07 Å². The van der Waals surface area contributed by atoms with Crippen molar-refractivity contribution in [3.63, 3.8) is 0 Å². The quantitative estimate of drug-likeness (QED) is 0.716. The minimum Gasteiger partial charge on any atom is -0.445 e. The van der Waals surface area contributed by atoms with E-state index in [9.17, 15) is 9.59 Å². The standard InChI is InChI=1S/C18H25N3O3/c1-4-14-5-7-15(8-6-14)12-24-18(23)21-16(11-13(2)3)17(22)20-10-9-19/h5-8,13,16H,4,10-12H2,1-3H3,(H,20,22)(H,21,23)/t16-/m0/s1. The second-order valence-corrected chi connectivity index (χ2v) is 5.95. The first-order valence-corrected chi connectivity index (χ1v) is 8.12. The predicted octanol–water partition coefficient (Wildman–Crippen LogP) is 2.53. The van der Waals surface area contributed by atoms with E-state index in [-0.39, 0.29) is 25.0 Å². The lowest BCUT2D eigenvalue weighted by Crippen LogP contribution is -2.47. The summed E-state index contributed by atoms with van der Waals surface area (Å²) in [7, 11) is 0. The number of nitriles is 1. The minimum atomic E-state index is -0.715. The van der Waals surface area contributed by atoms with Crippen LogP contribution in [-0.4, -0.2) is 24.6 Å². The molecule has 0 bridgehead atoms. The van der Waals surface area contributed by atoms with Crippen molar-refractivity contribution < 1.29 is 14.3 Å². The second-order valence-electron chi connectivity index (χ2n) is 5.95. The predicted molar refractivity (Wildman–Crippen MR) is 91.0 cm³/mol. The van der Waals surface area contributed by atoms with E-state index in [1.165, 1.54) is 5.56 Å². The number of nitrogens with zero attached hydrogens (tertiary/aromatic N) is 1. The van der Waals surface area contributed by atoms with Crippen LogP contribution in [0.1, 0.15) is 38.3 Å². The maximum absolute atomic E-state index is 12.0. The van der Waals surface area contributed by atoms with Crippen LogP contribution in [0.25, 0.3) is 0 Å². The van der Waals surface area contributed by atoms with Crippen molar-refractivity contribution in [3.05, 3.63) is 35.4 Å². The topological polar surface area (TPSA) is 91.2 Å². The van der Waals surface area contributed by atoms with Crippen molar-refractivity contribution in [2.45, 2.75) is 46.3 Å². The van der Waals surface area contributed by atoms with Crippen LogP contribution < -0.4 is 10.6 Å². The van der Waals surface area contributed by atoms with Gasteiger partial charge < -0.3 is 15.4 Å². The number of hydrogen-bond donors (Lipinski definition) is 2. The molecule has 2 amide bonds. The molecule has 0 saturated carbocycles. The van der Waals surface area contributed by atoms with Gasteiger partial charge in [0.1, 0.15) is 19.2 Å². The van der Waals surface area contributed by atoms with Gasteiger partial charge in [0.25, 0.3) is 0 Å². The Bertz CT molecular complexity index is 576. The first-order valence-electron chi connectivity index (χ1n) is 8.12. The molecule has 0 aliphatic carbocycles. The third-order valence-electron chi connectivity index (χ3n) is 3.46. The lowest BCUT2D eigenvalue weighted by atomic mass is 10.0. The van der Waals surface area contributed by atoms with Crippen molar-refractivity contribution >= 4 is 12.0 Å². The molecule has 0 heterocycles. The zero-order valence-corrected chi connectivity index (χ0v) is 14.5. The van der Waals surface area contributed by atoms with Crippen molar-refractivity contribution in [3.8, 4) is 6.07 Å². The van der Waals surface area contributed by atoms with E-state index in [2.05, 4.69) is 17.6 Å². The summed E-state index contributed by atoms with van der Waals surface area (Å²) in [6, 6.07) is 8.94. The van der Waals surface area contributed by atoms with Crippen molar-refractivity contribution in [1.29, 1.82) is 5.26 Å². The molecule has 24 heavy (non-hydrogen) atoms. The van der Waals surface area contributed by atoms with Gasteiger partial charge in [-0.2, -0.15) is 5.26 Å². The second kappa shape index (κ2) is 10.3. The maximum Gasteiger partial charge on any atom is 0.408 e. The number of alkyl carbamates (subject to hydrolysis) is 1. The van der Waals surface area contributed by atoms with Crippen LogP contribution >= 0.6 is 0 Å². The average molecular weight is 331 g/mol. The molecule has 6 heteroatoms. The molecule has 130 valence electrons. The van der Waals surface area contributed by atoms with E-state index in [1.807, 2.05) is 44.2 Å². The molecule has 2 N–H and O–H groups in total. The highest BCUT2D eigenvalue weighted by molar-refractivity contribution is 5.85. The van der Waals surface area contributed by atoms with Gasteiger partial charge in [0.15, 0.2) is 0 Å². The van der Waals surface area contributed by atoms with Crippen LogP contribution in [0.2, 0.25) is 0 Å². The average Bonchev–Trinajstić information content (AvgIpc) is 2.57. The summed E-state index contributed by atoms with van der Waals surface area (Å²) in [6.45, 7) is 6.03. The van der Waals surface area contributed by atoms with Crippen molar-refractivity contribution in [1.82, 2.24) is 10.6 Å². The molecule has 0 spiro atoms. The van der Waals surface area contributed by atoms with E-state index in [0.717, 1.165) is 12.0 Å². The third kappa shape index (κ3) is 7.14. The summed E-state index contributed by atoms with van der Waals surface area (Å²) in [4.78, 5) is 23.9. The molecule has 0 fully saturated rings. The summed E-state index contributed by atoms with van der Waals surface area (Å²) < 4.78 is 5.17. The lowest BCUT2D eigenvalue weighted by Gasteiger charge is -2.19. The largest absolute Gasteiger partial charge is 0.445 e. The lowest BCUT2D eigenvalue weighted by molar-refractivity contribution is -0.123. The molecule has 6 nitrogen and oxygen atoms in total. The van der Waals surface area contributed by atoms with Crippen LogP contribution in [0.5, 0.6) is 0 Å². The number of hydrogen-bond acceptors (Lipinski definition) is 4. The number of aryl methyl sites for hydroxylation is 1. The molecule has 1 rings (SSSR count). The summed E-state index contributed by atoms with van der Waals surface area (Å²) in [5.41, 5.74) is 2.10. The van der Waals surface area contributed by atoms with Crippen LogP contribution in [0.15, 0.2) is 24.3 Å². The number of ether oxygens (including phenoxy) is 1. The molecule has 1 atom stereocenters. The number of benzene rings is 1. The fourth-order valence-electron chi connectivity index (χ4n) is 2.16. The molecule has 0 aromatic heterocycles. The Kier molecular flexibility index (Phi) is 8.34. The fourth-order valence-corrected chi connectivity index (χ4v) is 2.16. The van der Waals surface area contributed by atoms with Crippen LogP contribution in [0.4, 0.5) is 4.79 Å². The number of carbonyl (C=O) groups is 2. The highest BCUT2D eigenvalue weighted by atomic mass is 16.5. The van der Waals surface area contributed by atoms with E-state index >= 15 is 0 Å². The molecular weight excluding hydrogens is 306 g/mol. The summed E-state index contributed by atoms with van der Waals surface area (Å²) in [5, 5.41) is 13.6. The zero-order valence-electron chi connectivity index (χ0n) is 14.5. The summed E-state index contributed by atoms with van der Waals surface area (Å²) in [5.74, 6) is -0.167. The molecule has 0 unspecified atom stereocenters. The zero-order chi connectivity index (χ0) is 17.9. The molecule has 0 saturated heterocycles. The van der Waals surface area contributed by atoms with Crippen LogP contribution in [0, 0.1) is 17.2 Å². The Morgan fingerprint density at radius 2 is 1.83 bits per heavy atom. The highest BCUT2D eigenvalue weighted by Crippen LogP contribution is 2.08. The van der Waals surface area contributed by atoms with Gasteiger partial charge in [-0.25, -0.2) is 4.79 Å². The third-order valence-corrected chi connectivity index (χ3v) is 3.46. The van der Waals surface area contributed by atoms with Gasteiger partial charge in [0.2, 0.25) is 5.91 Å². The molecule has 0 aliphatic heterocycles. The van der Waals surface area contributed by atoms with Gasteiger partial charge in [0, 0.05) is 0 Å². The molecule has 0 aliphatic rings. The number of amides is 2. The van der Waals surface area contributed by atoms with Gasteiger partial charge >= 0.3 is 6.09 Å². The number of rotatable bonds is 8. The SMILES string of the molecule is CCc1ccc(COC(=O)N[C@@H](CC(C)C)C(=O)NCC#N)cc1. The smallest absolute Gasteiger partial charge is 0.408 e. The monoisotopic (exact) mass is 331 g/mol. The number of nitrogens with one attached hydrogen (secondary N) is 2. The Balaban J connectivity index is 2.53. The summed E-state index contributed by atoms with van der Waals surface area (Å²) >= 11 is 0. The van der Waals surface area contributed by atoms with E-state index < -0.39 is 12.1 Å². The Morgan fingerprint density at radius 3 is 2.38 bits per heavy atom. The molecule has 1 aromatic rings. The molecular formula is C18H25N3O3. The molecule has 1 aromatic carbocycles. The molecule has 0 radical (unpaired) electrons. The first kappa shape index (κ1) is 19.5. The van der Waals surface area contributed by atoms with Gasteiger partial charge in [-0.05, 0) is 29.9 Å². The van der Waals surface area contributed by atoms with Gasteiger partial charge in [-0.3, -0.25) is 4.79 Å². The Hall–Kier alpha value is -2.55. The van der Waals surface area contributed by atoms with Gasteiger partial charge in [-0.15, -0.1) is 0 Å². The van der Waals surface area contributed by atoms with Crippen molar-refractivity contribution in [2.75, 3.05) is 6.54 Å².